The average Bonchev–Trinajstić information content (AvgIpc) is 3.62. The molecule has 1 aromatic rings. The number of aldehydes is 2. The van der Waals surface area contributed by atoms with Crippen molar-refractivity contribution in [3.8, 4) is 11.5 Å². The number of phenolic OH excluding ortho intramolecular Hbond substituents is 1. The van der Waals surface area contributed by atoms with Crippen molar-refractivity contribution in [1.82, 2.24) is 15.2 Å². The lowest BCUT2D eigenvalue weighted by atomic mass is 9.77. The van der Waals surface area contributed by atoms with Crippen molar-refractivity contribution < 1.29 is 72.6 Å². The summed E-state index contributed by atoms with van der Waals surface area (Å²) >= 11 is 0. The van der Waals surface area contributed by atoms with Crippen LogP contribution in [-0.4, -0.2) is 142 Å². The van der Waals surface area contributed by atoms with Gasteiger partial charge in [0.15, 0.2) is 5.78 Å². The molecular formula is C55H72N4O15. The van der Waals surface area contributed by atoms with Crippen molar-refractivity contribution in [2.75, 3.05) is 39.3 Å². The quantitative estimate of drug-likeness (QED) is 0.0618. The van der Waals surface area contributed by atoms with Crippen LogP contribution >= 0.6 is 0 Å². The predicted molar refractivity (Wildman–Crippen MR) is 272 cm³/mol. The topological polar surface area (TPSA) is 265 Å². The summed E-state index contributed by atoms with van der Waals surface area (Å²) in [5, 5.41) is 43.4. The molecule has 5 aliphatic rings. The number of hydrogen-bond acceptors (Lipinski definition) is 18. The van der Waals surface area contributed by atoms with Gasteiger partial charge in [0.1, 0.15) is 48.3 Å². The molecule has 0 aromatic heterocycles. The number of aliphatic hydroxyl groups excluding tert-OH is 2. The van der Waals surface area contributed by atoms with Gasteiger partial charge in [0.2, 0.25) is 5.78 Å². The molecule has 6 rings (SSSR count). The van der Waals surface area contributed by atoms with E-state index in [-0.39, 0.29) is 53.3 Å². The maximum Gasteiger partial charge on any atom is 0.312 e. The van der Waals surface area contributed by atoms with Gasteiger partial charge in [-0.3, -0.25) is 38.7 Å². The Morgan fingerprint density at radius 3 is 2.20 bits per heavy atom. The number of nitrogens with zero attached hydrogens (tertiary/aromatic N) is 3. The highest BCUT2D eigenvalue weighted by molar-refractivity contribution is 6.37. The third-order valence-corrected chi connectivity index (χ3v) is 14.7. The maximum absolute atomic E-state index is 14.9. The first-order valence-electron chi connectivity index (χ1n) is 25.0. The fourth-order valence-electron chi connectivity index (χ4n) is 9.47. The van der Waals surface area contributed by atoms with E-state index < -0.39 is 117 Å². The lowest BCUT2D eigenvalue weighted by Crippen LogP contribution is -2.45. The number of allylic oxidation sites excluding steroid dienone is 6. The van der Waals surface area contributed by atoms with Crippen molar-refractivity contribution in [3.05, 3.63) is 82.0 Å². The Labute approximate surface area is 432 Å². The molecule has 0 radical (unpaired) electrons. The number of phenols is 1. The first-order chi connectivity index (χ1) is 34.7. The number of benzene rings is 1. The highest BCUT2D eigenvalue weighted by Gasteiger charge is 2.52. The number of carbonyl (C=O) groups excluding carboxylic acids is 8. The van der Waals surface area contributed by atoms with Gasteiger partial charge in [0.05, 0.1) is 58.6 Å². The molecule has 9 atom stereocenters. The second-order valence-electron chi connectivity index (χ2n) is 20.8. The molecule has 4 aliphatic heterocycles. The van der Waals surface area contributed by atoms with E-state index in [1.165, 1.54) is 40.0 Å². The zero-order chi connectivity index (χ0) is 55.1. The molecule has 1 saturated heterocycles. The molecule has 0 saturated carbocycles. The van der Waals surface area contributed by atoms with Gasteiger partial charge in [-0.15, -0.1) is 0 Å². The molecule has 74 heavy (non-hydrogen) atoms. The van der Waals surface area contributed by atoms with Crippen molar-refractivity contribution >= 4 is 53.8 Å². The number of amides is 1. The van der Waals surface area contributed by atoms with E-state index in [9.17, 15) is 53.7 Å². The zero-order valence-corrected chi connectivity index (χ0v) is 44.3. The number of Topliss-reactive ketones (excluding diaryl/α,β-unsaturated/α-hetero) is 4. The molecule has 4 N–H and O–H groups in total. The van der Waals surface area contributed by atoms with Crippen LogP contribution in [0.25, 0.3) is 0 Å². The molecule has 1 aromatic carbocycles. The van der Waals surface area contributed by atoms with Gasteiger partial charge >= 0.3 is 11.8 Å². The number of fused-ring (bicyclic) bond motifs is 14. The lowest BCUT2D eigenvalue weighted by Gasteiger charge is -2.37. The van der Waals surface area contributed by atoms with Crippen LogP contribution in [0.5, 0.6) is 11.5 Å². The molecule has 1 aliphatic carbocycles. The number of piperazine rings is 1. The summed E-state index contributed by atoms with van der Waals surface area (Å²) in [6.07, 6.45) is 6.35. The molecule has 0 unspecified atom stereocenters. The number of ether oxygens (including phenoxy) is 4. The Morgan fingerprint density at radius 2 is 1.58 bits per heavy atom. The Bertz CT molecular complexity index is 2560. The van der Waals surface area contributed by atoms with Crippen molar-refractivity contribution in [2.45, 2.75) is 113 Å². The van der Waals surface area contributed by atoms with E-state index in [0.717, 1.165) is 6.21 Å². The molecular weight excluding hydrogens is 957 g/mol. The van der Waals surface area contributed by atoms with E-state index in [1.807, 2.05) is 13.8 Å². The summed E-state index contributed by atoms with van der Waals surface area (Å²) in [6, 6.07) is 0. The molecule has 5 bridgehead atoms. The van der Waals surface area contributed by atoms with Crippen LogP contribution in [0, 0.1) is 47.8 Å². The normalized spacial score (nSPS) is 29.0. The lowest BCUT2D eigenvalue weighted by molar-refractivity contribution is -0.158. The maximum atomic E-state index is 14.9. The van der Waals surface area contributed by atoms with Crippen LogP contribution in [0.15, 0.2) is 64.8 Å². The molecule has 4 heterocycles. The van der Waals surface area contributed by atoms with Crippen LogP contribution in [-0.2, 0) is 38.2 Å². The summed E-state index contributed by atoms with van der Waals surface area (Å²) in [6.45, 7) is 24.3. The minimum atomic E-state index is -2.10. The molecule has 1 amide bonds. The van der Waals surface area contributed by atoms with E-state index in [0.29, 0.717) is 51.1 Å². The second-order valence-corrected chi connectivity index (χ2v) is 20.8. The van der Waals surface area contributed by atoms with Gasteiger partial charge < -0.3 is 49.2 Å². The molecule has 19 nitrogen and oxygen atoms in total. The minimum absolute atomic E-state index is 0.0327. The summed E-state index contributed by atoms with van der Waals surface area (Å²) in [7, 11) is 0. The van der Waals surface area contributed by atoms with E-state index >= 15 is 0 Å². The van der Waals surface area contributed by atoms with Crippen LogP contribution in [0.1, 0.15) is 119 Å². The molecule has 402 valence electrons. The van der Waals surface area contributed by atoms with Gasteiger partial charge in [-0.25, -0.2) is 0 Å². The van der Waals surface area contributed by atoms with Crippen LogP contribution in [0.3, 0.4) is 0 Å². The number of nitrogens with one attached hydrogen (secondary N) is 1. The number of ketones is 4. The number of rotatable bonds is 14. The van der Waals surface area contributed by atoms with Crippen LogP contribution < -0.4 is 10.1 Å². The van der Waals surface area contributed by atoms with Gasteiger partial charge in [0, 0.05) is 93.7 Å². The number of hydrazone groups is 1. The number of carbonyl (C=O) groups is 8. The van der Waals surface area contributed by atoms with Gasteiger partial charge in [-0.05, 0) is 31.8 Å². The summed E-state index contributed by atoms with van der Waals surface area (Å²) in [4.78, 5) is 107. The van der Waals surface area contributed by atoms with E-state index in [4.69, 9.17) is 18.9 Å². The Hall–Kier alpha value is -6.57. The monoisotopic (exact) mass is 1030 g/mol. The van der Waals surface area contributed by atoms with E-state index in [1.54, 1.807) is 57.9 Å². The first-order valence-corrected chi connectivity index (χ1v) is 25.0. The van der Waals surface area contributed by atoms with Crippen molar-refractivity contribution in [3.63, 3.8) is 0 Å². The highest BCUT2D eigenvalue weighted by atomic mass is 16.7. The van der Waals surface area contributed by atoms with Gasteiger partial charge in [-0.1, -0.05) is 73.3 Å². The Kier molecular flexibility index (Phi) is 19.1. The third kappa shape index (κ3) is 12.8. The van der Waals surface area contributed by atoms with Gasteiger partial charge in [-0.2, -0.15) is 5.10 Å². The zero-order valence-electron chi connectivity index (χ0n) is 44.3. The molecule has 0 spiro atoms. The second kappa shape index (κ2) is 24.2. The standard InChI is InChI=1S/C55H72N4O15/c1-29-16-22-72-55(12)52(69)43-41-42(47(66)35(7)51(43)74-55)49(68)44(57-53(70)31(3)15-13-14-30(2)45(64)33(5)46(65)34(6)50(32(29)4)73-37(9)62)40(48(41)67)26-56-59-19-17-58(18-20-59)21-23-71-36(8)54(10,11)25-39(63)24-38(27-60)28-61/h13-16,22,26-30,32-34,38,45-46,50,64-66H,8,17-21,23-25H2,1-7,9-12H3,(H,57,70)/b14-13+,22-16+,31-15-,56-26+/t29-,30-,32+,33+,34+,45-,46+,50+,55-/m0/s1. The first kappa shape index (κ1) is 58.3. The Balaban J connectivity index is 1.46. The minimum Gasteiger partial charge on any atom is -0.507 e. The van der Waals surface area contributed by atoms with Crippen molar-refractivity contribution in [2.24, 2.45) is 46.0 Å². The van der Waals surface area contributed by atoms with Crippen LogP contribution in [0.4, 0.5) is 0 Å². The number of aromatic hydroxyl groups is 1. The highest BCUT2D eigenvalue weighted by Crippen LogP contribution is 2.48. The molecule has 19 heteroatoms. The predicted octanol–water partition coefficient (Wildman–Crippen LogP) is 5.14. The fraction of sp³-hybridized carbons (Fsp3) is 0.545. The number of aliphatic hydroxyl groups is 2. The SMILES string of the molecule is C=C(OCCN1CCN(/N=C/C2=C3NC(=O)/C(C)=C\C=C\[C@H](C)[C@H](O)[C@@H](C)[C@@H](O)[C@@H](C)[C@H](OC(C)=O)[C@H](C)[C@@H](C)/C=C/O[C@@]4(C)Oc5c(C)c(O)c(c(c5C4=O)C2=O)C3=O)CC1)C(C)(C)CC(=O)CC(C=O)C=O. The third-order valence-electron chi connectivity index (χ3n) is 14.7. The smallest absolute Gasteiger partial charge is 0.312 e. The summed E-state index contributed by atoms with van der Waals surface area (Å²) in [5.41, 5.74) is -2.84. The average molecular weight is 1030 g/mol. The largest absolute Gasteiger partial charge is 0.507 e. The fourth-order valence-corrected chi connectivity index (χ4v) is 9.47. The van der Waals surface area contributed by atoms with Crippen molar-refractivity contribution in [1.29, 1.82) is 0 Å². The van der Waals surface area contributed by atoms with E-state index in [2.05, 4.69) is 21.9 Å². The number of hydrogen-bond donors (Lipinski definition) is 4. The Morgan fingerprint density at radius 1 is 0.932 bits per heavy atom. The van der Waals surface area contributed by atoms with Gasteiger partial charge in [0.25, 0.3) is 11.7 Å². The van der Waals surface area contributed by atoms with Crippen LogP contribution in [0.2, 0.25) is 0 Å². The molecule has 1 fully saturated rings. The summed E-state index contributed by atoms with van der Waals surface area (Å²) < 4.78 is 23.8. The number of esters is 1. The summed E-state index contributed by atoms with van der Waals surface area (Å²) in [5.74, 6) is -10.6.